The van der Waals surface area contributed by atoms with Crippen LogP contribution in [0.3, 0.4) is 0 Å². The predicted octanol–water partition coefficient (Wildman–Crippen LogP) is 5.16. The van der Waals surface area contributed by atoms with Gasteiger partial charge in [-0.15, -0.1) is 0 Å². The Labute approximate surface area is 182 Å². The molecule has 0 unspecified atom stereocenters. The number of ether oxygens (including phenoxy) is 2. The van der Waals surface area contributed by atoms with Gasteiger partial charge in [0.15, 0.2) is 0 Å². The number of carbonyl (C=O) groups excluding carboxylic acids is 1. The molecular formula is C26H24N2O3. The van der Waals surface area contributed by atoms with E-state index in [2.05, 4.69) is 0 Å². The molecule has 1 aliphatic heterocycles. The minimum Gasteiger partial charge on any atom is -0.497 e. The highest BCUT2D eigenvalue weighted by Gasteiger charge is 2.32. The number of anilines is 1. The van der Waals surface area contributed by atoms with Gasteiger partial charge in [-0.2, -0.15) is 0 Å². The Hall–Kier alpha value is -3.86. The first kappa shape index (κ1) is 20.4. The molecule has 5 nitrogen and oxygen atoms in total. The number of hydrogen-bond donors (Lipinski definition) is 0. The summed E-state index contributed by atoms with van der Waals surface area (Å²) >= 11 is 0. The maximum atomic E-state index is 13.5. The van der Waals surface area contributed by atoms with Crippen molar-refractivity contribution in [1.29, 1.82) is 0 Å². The summed E-state index contributed by atoms with van der Waals surface area (Å²) in [6.07, 6.45) is 1.75. The number of methoxy groups -OCH3 is 2. The normalized spacial score (nSPS) is 14.7. The molecule has 3 aromatic carbocycles. The molecule has 0 saturated carbocycles. The van der Waals surface area contributed by atoms with Gasteiger partial charge in [0, 0.05) is 17.2 Å². The zero-order valence-electron chi connectivity index (χ0n) is 18.0. The fourth-order valence-corrected chi connectivity index (χ4v) is 3.51. The molecule has 0 aliphatic carbocycles. The molecule has 0 aromatic heterocycles. The SMILES string of the molecule is COc1ccc(/C=C2/N=C(c3cccc(C)c3)N(c3ccc(C)cc3)C2=O)c(OC)c1. The van der Waals surface area contributed by atoms with Crippen molar-refractivity contribution in [2.75, 3.05) is 19.1 Å². The molecule has 0 radical (unpaired) electrons. The second-order valence-electron chi connectivity index (χ2n) is 7.42. The Bertz CT molecular complexity index is 1190. The molecule has 31 heavy (non-hydrogen) atoms. The predicted molar refractivity (Wildman–Crippen MR) is 124 cm³/mol. The summed E-state index contributed by atoms with van der Waals surface area (Å²) in [6, 6.07) is 21.3. The van der Waals surface area contributed by atoms with Gasteiger partial charge < -0.3 is 9.47 Å². The van der Waals surface area contributed by atoms with Crippen molar-refractivity contribution in [2.45, 2.75) is 13.8 Å². The van der Waals surface area contributed by atoms with E-state index in [1.54, 1.807) is 31.3 Å². The molecule has 0 fully saturated rings. The first-order valence-corrected chi connectivity index (χ1v) is 10.0. The molecule has 0 saturated heterocycles. The van der Waals surface area contributed by atoms with Crippen LogP contribution in [-0.2, 0) is 4.79 Å². The summed E-state index contributed by atoms with van der Waals surface area (Å²) < 4.78 is 10.8. The third-order valence-electron chi connectivity index (χ3n) is 5.16. The van der Waals surface area contributed by atoms with E-state index in [4.69, 9.17) is 14.5 Å². The zero-order chi connectivity index (χ0) is 22.0. The van der Waals surface area contributed by atoms with Crippen molar-refractivity contribution in [3.05, 3.63) is 94.7 Å². The molecule has 1 aliphatic rings. The van der Waals surface area contributed by atoms with Crippen LogP contribution in [-0.4, -0.2) is 26.0 Å². The lowest BCUT2D eigenvalue weighted by Gasteiger charge is -2.19. The van der Waals surface area contributed by atoms with Gasteiger partial charge in [0.05, 0.1) is 19.9 Å². The lowest BCUT2D eigenvalue weighted by Crippen LogP contribution is -2.32. The molecule has 3 aromatic rings. The van der Waals surface area contributed by atoms with Gasteiger partial charge >= 0.3 is 0 Å². The molecular weight excluding hydrogens is 388 g/mol. The summed E-state index contributed by atoms with van der Waals surface area (Å²) in [5.41, 5.74) is 5.00. The smallest absolute Gasteiger partial charge is 0.282 e. The van der Waals surface area contributed by atoms with Gasteiger partial charge in [0.1, 0.15) is 23.0 Å². The number of aliphatic imine (C=N–C) groups is 1. The van der Waals surface area contributed by atoms with E-state index in [0.29, 0.717) is 23.0 Å². The number of nitrogens with zero attached hydrogens (tertiary/aromatic N) is 2. The number of hydrogen-bond acceptors (Lipinski definition) is 4. The number of aryl methyl sites for hydroxylation is 2. The Morgan fingerprint density at radius 1 is 0.871 bits per heavy atom. The maximum Gasteiger partial charge on any atom is 0.282 e. The average molecular weight is 412 g/mol. The Balaban J connectivity index is 1.83. The maximum absolute atomic E-state index is 13.5. The molecule has 156 valence electrons. The molecule has 1 amide bonds. The first-order valence-electron chi connectivity index (χ1n) is 10.0. The lowest BCUT2D eigenvalue weighted by molar-refractivity contribution is -0.113. The molecule has 0 spiro atoms. The van der Waals surface area contributed by atoms with Gasteiger partial charge in [0.25, 0.3) is 5.91 Å². The fourth-order valence-electron chi connectivity index (χ4n) is 3.51. The third-order valence-corrected chi connectivity index (χ3v) is 5.16. The van der Waals surface area contributed by atoms with Crippen LogP contribution in [0.5, 0.6) is 11.5 Å². The van der Waals surface area contributed by atoms with Crippen LogP contribution < -0.4 is 14.4 Å². The van der Waals surface area contributed by atoms with Gasteiger partial charge in [-0.25, -0.2) is 4.99 Å². The topological polar surface area (TPSA) is 51.1 Å². The average Bonchev–Trinajstić information content (AvgIpc) is 3.10. The number of benzene rings is 3. The van der Waals surface area contributed by atoms with Crippen molar-refractivity contribution in [3.8, 4) is 11.5 Å². The molecule has 5 heteroatoms. The van der Waals surface area contributed by atoms with E-state index in [-0.39, 0.29) is 5.91 Å². The van der Waals surface area contributed by atoms with E-state index < -0.39 is 0 Å². The number of amides is 1. The fraction of sp³-hybridized carbons (Fsp3) is 0.154. The Morgan fingerprint density at radius 3 is 2.32 bits per heavy atom. The number of carbonyl (C=O) groups is 1. The van der Waals surface area contributed by atoms with E-state index in [9.17, 15) is 4.79 Å². The van der Waals surface area contributed by atoms with Gasteiger partial charge in [-0.3, -0.25) is 9.69 Å². The summed E-state index contributed by atoms with van der Waals surface area (Å²) in [7, 11) is 3.19. The third kappa shape index (κ3) is 4.08. The highest BCUT2D eigenvalue weighted by molar-refractivity contribution is 6.33. The van der Waals surface area contributed by atoms with Crippen LogP contribution in [0.4, 0.5) is 5.69 Å². The summed E-state index contributed by atoms with van der Waals surface area (Å²) in [4.78, 5) is 19.9. The summed E-state index contributed by atoms with van der Waals surface area (Å²) in [6.45, 7) is 4.04. The van der Waals surface area contributed by atoms with Gasteiger partial charge in [0.2, 0.25) is 0 Å². The van der Waals surface area contributed by atoms with Crippen LogP contribution in [0.1, 0.15) is 22.3 Å². The van der Waals surface area contributed by atoms with Gasteiger partial charge in [-0.05, 0) is 50.3 Å². The number of amidine groups is 1. The van der Waals surface area contributed by atoms with Crippen LogP contribution in [0.2, 0.25) is 0 Å². The number of rotatable bonds is 5. The summed E-state index contributed by atoms with van der Waals surface area (Å²) in [5, 5.41) is 0. The quantitative estimate of drug-likeness (QED) is 0.544. The highest BCUT2D eigenvalue weighted by Crippen LogP contribution is 2.31. The van der Waals surface area contributed by atoms with E-state index >= 15 is 0 Å². The van der Waals surface area contributed by atoms with Crippen molar-refractivity contribution >= 4 is 23.5 Å². The van der Waals surface area contributed by atoms with Crippen molar-refractivity contribution in [1.82, 2.24) is 0 Å². The standard InChI is InChI=1S/C26H24N2O3/c1-17-8-11-21(12-9-17)28-25(20-7-5-6-18(2)14-20)27-23(26(28)29)15-19-10-13-22(30-3)16-24(19)31-4/h5-16H,1-4H3/b23-15+. The van der Waals surface area contributed by atoms with Crippen LogP contribution in [0, 0.1) is 13.8 Å². The van der Waals surface area contributed by atoms with E-state index in [0.717, 1.165) is 27.9 Å². The summed E-state index contributed by atoms with van der Waals surface area (Å²) in [5.74, 6) is 1.72. The Morgan fingerprint density at radius 2 is 1.65 bits per heavy atom. The first-order chi connectivity index (χ1) is 15.0. The van der Waals surface area contributed by atoms with Crippen LogP contribution in [0.15, 0.2) is 77.4 Å². The second kappa shape index (κ2) is 8.48. The van der Waals surface area contributed by atoms with E-state index in [1.165, 1.54) is 0 Å². The molecule has 4 rings (SSSR count). The molecule has 0 bridgehead atoms. The minimum atomic E-state index is -0.182. The largest absolute Gasteiger partial charge is 0.497 e. The molecule has 1 heterocycles. The second-order valence-corrected chi connectivity index (χ2v) is 7.42. The molecule has 0 atom stereocenters. The zero-order valence-corrected chi connectivity index (χ0v) is 18.0. The minimum absolute atomic E-state index is 0.182. The van der Waals surface area contributed by atoms with Crippen molar-refractivity contribution < 1.29 is 14.3 Å². The van der Waals surface area contributed by atoms with Gasteiger partial charge in [-0.1, -0.05) is 41.5 Å². The monoisotopic (exact) mass is 412 g/mol. The van der Waals surface area contributed by atoms with Crippen molar-refractivity contribution in [2.24, 2.45) is 4.99 Å². The Kier molecular flexibility index (Phi) is 5.58. The van der Waals surface area contributed by atoms with Crippen LogP contribution in [0.25, 0.3) is 6.08 Å². The molecule has 0 N–H and O–H groups in total. The van der Waals surface area contributed by atoms with Crippen LogP contribution >= 0.6 is 0 Å². The van der Waals surface area contributed by atoms with Crippen molar-refractivity contribution in [3.63, 3.8) is 0 Å². The lowest BCUT2D eigenvalue weighted by atomic mass is 10.1. The highest BCUT2D eigenvalue weighted by atomic mass is 16.5. The van der Waals surface area contributed by atoms with E-state index in [1.807, 2.05) is 74.5 Å².